The van der Waals surface area contributed by atoms with E-state index in [9.17, 15) is 17.6 Å². The van der Waals surface area contributed by atoms with E-state index in [0.29, 0.717) is 25.1 Å². The van der Waals surface area contributed by atoms with Crippen molar-refractivity contribution < 1.29 is 17.6 Å². The number of nitrogens with one attached hydrogen (secondary N) is 1. The minimum atomic E-state index is -3.78. The number of benzene rings is 2. The first kappa shape index (κ1) is 19.0. The fourth-order valence-electron chi connectivity index (χ4n) is 2.96. The fraction of sp³-hybridized carbons (Fsp3) is 0.278. The van der Waals surface area contributed by atoms with Crippen LogP contribution in [0.4, 0.5) is 10.1 Å². The van der Waals surface area contributed by atoms with E-state index in [1.54, 1.807) is 12.1 Å². The average Bonchev–Trinajstić information content (AvgIpc) is 2.64. The van der Waals surface area contributed by atoms with E-state index in [-0.39, 0.29) is 4.90 Å². The van der Waals surface area contributed by atoms with E-state index < -0.39 is 27.8 Å². The highest BCUT2D eigenvalue weighted by atomic mass is 79.9. The number of nitrogens with zero attached hydrogens (tertiary/aromatic N) is 1. The smallest absolute Gasteiger partial charge is 0.243 e. The minimum Gasteiger partial charge on any atom is -0.325 e. The van der Waals surface area contributed by atoms with Crippen LogP contribution in [0, 0.1) is 5.82 Å². The summed E-state index contributed by atoms with van der Waals surface area (Å²) in [6.45, 7) is 0.292. The van der Waals surface area contributed by atoms with Crippen LogP contribution in [0.2, 0.25) is 0 Å². The second-order valence-corrected chi connectivity index (χ2v) is 8.88. The Morgan fingerprint density at radius 1 is 1.08 bits per heavy atom. The predicted molar refractivity (Wildman–Crippen MR) is 101 cm³/mol. The number of carbonyl (C=O) groups excluding carboxylic acids is 1. The molecule has 1 amide bonds. The van der Waals surface area contributed by atoms with Crippen LogP contribution in [0.15, 0.2) is 57.9 Å². The lowest BCUT2D eigenvalue weighted by molar-refractivity contribution is -0.120. The molecule has 1 aliphatic heterocycles. The molecule has 8 heteroatoms. The van der Waals surface area contributed by atoms with Crippen molar-refractivity contribution in [3.05, 3.63) is 58.8 Å². The van der Waals surface area contributed by atoms with Crippen LogP contribution in [0.1, 0.15) is 19.3 Å². The van der Waals surface area contributed by atoms with Gasteiger partial charge in [-0.15, -0.1) is 0 Å². The maximum atomic E-state index is 13.0. The number of halogens is 2. The first-order valence-corrected chi connectivity index (χ1v) is 10.4. The van der Waals surface area contributed by atoms with Gasteiger partial charge in [0.15, 0.2) is 0 Å². The molecule has 0 aromatic heterocycles. The van der Waals surface area contributed by atoms with Crippen molar-refractivity contribution >= 4 is 37.5 Å². The Hall–Kier alpha value is -1.77. The number of carbonyl (C=O) groups is 1. The average molecular weight is 441 g/mol. The highest BCUT2D eigenvalue weighted by Gasteiger charge is 2.37. The Morgan fingerprint density at radius 2 is 1.73 bits per heavy atom. The summed E-state index contributed by atoms with van der Waals surface area (Å²) in [7, 11) is -3.78. The molecule has 5 nitrogen and oxygen atoms in total. The van der Waals surface area contributed by atoms with Gasteiger partial charge in [0.25, 0.3) is 0 Å². The van der Waals surface area contributed by atoms with Gasteiger partial charge in [0.2, 0.25) is 15.9 Å². The summed E-state index contributed by atoms with van der Waals surface area (Å²) < 4.78 is 41.0. The molecule has 1 fully saturated rings. The Balaban J connectivity index is 1.83. The summed E-state index contributed by atoms with van der Waals surface area (Å²) in [6, 6.07) is 10.9. The van der Waals surface area contributed by atoms with Crippen LogP contribution in [0.5, 0.6) is 0 Å². The Morgan fingerprint density at radius 3 is 2.38 bits per heavy atom. The molecule has 2 aromatic rings. The predicted octanol–water partition coefficient (Wildman–Crippen LogP) is 3.77. The topological polar surface area (TPSA) is 66.5 Å². The highest BCUT2D eigenvalue weighted by molar-refractivity contribution is 9.10. The van der Waals surface area contributed by atoms with Gasteiger partial charge in [0.1, 0.15) is 11.9 Å². The number of anilines is 1. The van der Waals surface area contributed by atoms with Crippen molar-refractivity contribution in [3.8, 4) is 0 Å². The van der Waals surface area contributed by atoms with E-state index >= 15 is 0 Å². The van der Waals surface area contributed by atoms with E-state index in [2.05, 4.69) is 21.2 Å². The van der Waals surface area contributed by atoms with Crippen LogP contribution in [-0.2, 0) is 14.8 Å². The van der Waals surface area contributed by atoms with Gasteiger partial charge in [0.05, 0.1) is 4.90 Å². The molecule has 0 aliphatic carbocycles. The lowest BCUT2D eigenvalue weighted by Crippen LogP contribution is -2.49. The Labute approximate surface area is 160 Å². The summed E-state index contributed by atoms with van der Waals surface area (Å²) in [4.78, 5) is 12.8. The maximum Gasteiger partial charge on any atom is 0.243 e. The van der Waals surface area contributed by atoms with Gasteiger partial charge < -0.3 is 5.32 Å². The molecule has 1 aliphatic rings. The minimum absolute atomic E-state index is 0.155. The second-order valence-electron chi connectivity index (χ2n) is 6.08. The maximum absolute atomic E-state index is 13.0. The molecule has 1 saturated heterocycles. The van der Waals surface area contributed by atoms with E-state index in [1.165, 1.54) is 40.7 Å². The zero-order chi connectivity index (χ0) is 18.7. The molecule has 2 aromatic carbocycles. The molecule has 0 saturated carbocycles. The quantitative estimate of drug-likeness (QED) is 0.786. The molecule has 0 bridgehead atoms. The first-order chi connectivity index (χ1) is 12.4. The summed E-state index contributed by atoms with van der Waals surface area (Å²) in [6.07, 6.45) is 1.92. The van der Waals surface area contributed by atoms with Crippen molar-refractivity contribution in [1.82, 2.24) is 4.31 Å². The first-order valence-electron chi connectivity index (χ1n) is 8.22. The van der Waals surface area contributed by atoms with E-state index in [1.807, 2.05) is 0 Å². The van der Waals surface area contributed by atoms with Gasteiger partial charge in [-0.05, 0) is 61.4 Å². The van der Waals surface area contributed by atoms with Crippen molar-refractivity contribution in [2.45, 2.75) is 30.2 Å². The molecule has 0 spiro atoms. The number of hydrogen-bond donors (Lipinski definition) is 1. The summed E-state index contributed by atoms with van der Waals surface area (Å²) in [5.41, 5.74) is 0.433. The number of amides is 1. The van der Waals surface area contributed by atoms with Crippen LogP contribution in [-0.4, -0.2) is 31.2 Å². The monoisotopic (exact) mass is 440 g/mol. The third kappa shape index (κ3) is 4.13. The van der Waals surface area contributed by atoms with E-state index in [0.717, 1.165) is 10.9 Å². The number of hydrogen-bond acceptors (Lipinski definition) is 3. The molecule has 1 N–H and O–H groups in total. The van der Waals surface area contributed by atoms with Crippen LogP contribution < -0.4 is 5.32 Å². The zero-order valence-corrected chi connectivity index (χ0v) is 16.3. The van der Waals surface area contributed by atoms with Gasteiger partial charge in [-0.25, -0.2) is 12.8 Å². The standard InChI is InChI=1S/C18H18BrFN2O3S/c19-13-4-10-16(11-5-13)26(24,25)22-12-2-1-3-17(22)18(23)21-15-8-6-14(20)7-9-15/h4-11,17H,1-3,12H2,(H,21,23). The normalized spacial score (nSPS) is 18.5. The van der Waals surface area contributed by atoms with Crippen molar-refractivity contribution in [1.29, 1.82) is 0 Å². The van der Waals surface area contributed by atoms with Crippen molar-refractivity contribution in [2.75, 3.05) is 11.9 Å². The molecular weight excluding hydrogens is 423 g/mol. The Bertz CT molecular complexity index is 886. The number of rotatable bonds is 4. The van der Waals surface area contributed by atoms with Gasteiger partial charge in [-0.3, -0.25) is 4.79 Å². The molecule has 1 unspecified atom stereocenters. The lowest BCUT2D eigenvalue weighted by Gasteiger charge is -2.33. The second kappa shape index (κ2) is 7.85. The van der Waals surface area contributed by atoms with Crippen molar-refractivity contribution in [3.63, 3.8) is 0 Å². The molecule has 1 heterocycles. The molecule has 3 rings (SSSR count). The van der Waals surface area contributed by atoms with Gasteiger partial charge >= 0.3 is 0 Å². The number of piperidine rings is 1. The molecule has 26 heavy (non-hydrogen) atoms. The van der Waals surface area contributed by atoms with Crippen LogP contribution in [0.3, 0.4) is 0 Å². The third-order valence-corrected chi connectivity index (χ3v) is 6.74. The molecule has 138 valence electrons. The van der Waals surface area contributed by atoms with Gasteiger partial charge in [0, 0.05) is 16.7 Å². The van der Waals surface area contributed by atoms with Crippen LogP contribution in [0.25, 0.3) is 0 Å². The fourth-order valence-corrected chi connectivity index (χ4v) is 4.88. The highest BCUT2D eigenvalue weighted by Crippen LogP contribution is 2.27. The summed E-state index contributed by atoms with van der Waals surface area (Å²) >= 11 is 3.29. The Kier molecular flexibility index (Phi) is 5.74. The third-order valence-electron chi connectivity index (χ3n) is 4.29. The zero-order valence-electron chi connectivity index (χ0n) is 13.9. The summed E-state index contributed by atoms with van der Waals surface area (Å²) in [5.74, 6) is -0.808. The largest absolute Gasteiger partial charge is 0.325 e. The van der Waals surface area contributed by atoms with E-state index in [4.69, 9.17) is 0 Å². The number of sulfonamides is 1. The van der Waals surface area contributed by atoms with Gasteiger partial charge in [-0.2, -0.15) is 4.31 Å². The van der Waals surface area contributed by atoms with Crippen molar-refractivity contribution in [2.24, 2.45) is 0 Å². The van der Waals surface area contributed by atoms with Crippen LogP contribution >= 0.6 is 15.9 Å². The molecule has 0 radical (unpaired) electrons. The molecule has 1 atom stereocenters. The summed E-state index contributed by atoms with van der Waals surface area (Å²) in [5, 5.41) is 2.68. The lowest BCUT2D eigenvalue weighted by atomic mass is 10.0. The molecular formula is C18H18BrFN2O3S. The van der Waals surface area contributed by atoms with Gasteiger partial charge in [-0.1, -0.05) is 22.4 Å². The SMILES string of the molecule is O=C(Nc1ccc(F)cc1)C1CCCCN1S(=O)(=O)c1ccc(Br)cc1.